The Morgan fingerprint density at radius 1 is 1.00 bits per heavy atom. The van der Waals surface area contributed by atoms with Gasteiger partial charge in [-0.1, -0.05) is 6.58 Å². The Morgan fingerprint density at radius 2 is 1.64 bits per heavy atom. The van der Waals surface area contributed by atoms with Crippen molar-refractivity contribution in [1.29, 1.82) is 0 Å². The van der Waals surface area contributed by atoms with Gasteiger partial charge in [-0.05, 0) is 19.1 Å². The summed E-state index contributed by atoms with van der Waals surface area (Å²) in [5.41, 5.74) is 2.20. The molecule has 0 amide bonds. The molecular weight excluding hydrogens is 284 g/mol. The van der Waals surface area contributed by atoms with E-state index < -0.39 is 0 Å². The molecule has 2 aromatic heterocycles. The summed E-state index contributed by atoms with van der Waals surface area (Å²) >= 11 is 0. The van der Waals surface area contributed by atoms with E-state index in [9.17, 15) is 0 Å². The van der Waals surface area contributed by atoms with Gasteiger partial charge in [-0.15, -0.1) is 9.73 Å². The molecule has 0 spiro atoms. The van der Waals surface area contributed by atoms with E-state index in [1.807, 2.05) is 6.92 Å². The third-order valence-electron chi connectivity index (χ3n) is 3.46. The summed E-state index contributed by atoms with van der Waals surface area (Å²) < 4.78 is 17.5. The quantitative estimate of drug-likeness (QED) is 0.722. The van der Waals surface area contributed by atoms with Crippen molar-refractivity contribution in [2.75, 3.05) is 21.3 Å². The van der Waals surface area contributed by atoms with Gasteiger partial charge in [0, 0.05) is 10.8 Å². The lowest BCUT2D eigenvalue weighted by atomic mass is 10.1. The molecule has 0 aliphatic heterocycles. The molecule has 0 aliphatic rings. The molecule has 0 saturated carbocycles. The molecule has 0 saturated heterocycles. The minimum atomic E-state index is 0.520. The van der Waals surface area contributed by atoms with E-state index in [4.69, 9.17) is 14.2 Å². The van der Waals surface area contributed by atoms with E-state index in [1.54, 1.807) is 33.5 Å². The highest BCUT2D eigenvalue weighted by molar-refractivity contribution is 5.67. The first-order valence-corrected chi connectivity index (χ1v) is 6.61. The first-order chi connectivity index (χ1) is 10.6. The zero-order valence-corrected chi connectivity index (χ0v) is 12.9. The molecule has 0 aliphatic carbocycles. The van der Waals surface area contributed by atoms with Gasteiger partial charge >= 0.3 is 0 Å². The molecule has 0 radical (unpaired) electrons. The summed E-state index contributed by atoms with van der Waals surface area (Å²) in [6.07, 6.45) is 0. The first-order valence-electron chi connectivity index (χ1n) is 6.61. The fourth-order valence-corrected chi connectivity index (χ4v) is 2.26. The average molecular weight is 300 g/mol. The highest BCUT2D eigenvalue weighted by Gasteiger charge is 2.17. The van der Waals surface area contributed by atoms with Gasteiger partial charge in [0.2, 0.25) is 5.75 Å². The van der Waals surface area contributed by atoms with Crippen molar-refractivity contribution < 1.29 is 14.2 Å². The number of rotatable bonds is 4. The number of aryl methyl sites for hydroxylation is 1. The Morgan fingerprint density at radius 3 is 2.14 bits per heavy atom. The number of benzene rings is 1. The van der Waals surface area contributed by atoms with Gasteiger partial charge in [-0.3, -0.25) is 0 Å². The predicted molar refractivity (Wildman–Crippen MR) is 81.4 cm³/mol. The van der Waals surface area contributed by atoms with Gasteiger partial charge in [-0.25, -0.2) is 4.98 Å². The largest absolute Gasteiger partial charge is 0.493 e. The van der Waals surface area contributed by atoms with Crippen LogP contribution < -0.4 is 19.4 Å². The van der Waals surface area contributed by atoms with Crippen LogP contribution in [0.4, 0.5) is 0 Å². The SMILES string of the molecule is C=c1c(C)nn2nc(-c3cc(OC)c(OC)c(OC)c3)nc12. The number of hydrogen-bond acceptors (Lipinski definition) is 6. The van der Waals surface area contributed by atoms with Gasteiger partial charge in [0.1, 0.15) is 0 Å². The summed E-state index contributed by atoms with van der Waals surface area (Å²) in [6.45, 7) is 5.83. The van der Waals surface area contributed by atoms with Crippen LogP contribution in [0.25, 0.3) is 23.6 Å². The molecule has 0 fully saturated rings. The molecule has 3 aromatic rings. The predicted octanol–water partition coefficient (Wildman–Crippen LogP) is 1.25. The van der Waals surface area contributed by atoms with Crippen LogP contribution in [0.15, 0.2) is 12.1 Å². The summed E-state index contributed by atoms with van der Waals surface area (Å²) in [5, 5.41) is 9.41. The maximum absolute atomic E-state index is 5.34. The van der Waals surface area contributed by atoms with Crippen LogP contribution in [-0.2, 0) is 0 Å². The van der Waals surface area contributed by atoms with Crippen molar-refractivity contribution in [3.63, 3.8) is 0 Å². The summed E-state index contributed by atoms with van der Waals surface area (Å²) in [5.74, 6) is 2.14. The summed E-state index contributed by atoms with van der Waals surface area (Å²) in [7, 11) is 4.69. The Hall–Kier alpha value is -2.83. The molecule has 3 rings (SSSR count). The van der Waals surface area contributed by atoms with Gasteiger partial charge in [0.15, 0.2) is 23.0 Å². The number of nitrogens with zero attached hydrogens (tertiary/aromatic N) is 4. The molecule has 1 aromatic carbocycles. The van der Waals surface area contributed by atoms with Crippen LogP contribution >= 0.6 is 0 Å². The van der Waals surface area contributed by atoms with E-state index in [2.05, 4.69) is 21.8 Å². The van der Waals surface area contributed by atoms with Crippen LogP contribution in [0.3, 0.4) is 0 Å². The summed E-state index contributed by atoms with van der Waals surface area (Å²) in [6, 6.07) is 3.59. The van der Waals surface area contributed by atoms with Gasteiger partial charge in [-0.2, -0.15) is 5.10 Å². The Kier molecular flexibility index (Phi) is 3.32. The standard InChI is InChI=1S/C15H16N4O3/c1-8-9(2)17-19-15(8)16-14(18-19)10-6-11(20-3)13(22-5)12(7-10)21-4/h6-7H,1H2,2-5H3. The van der Waals surface area contributed by atoms with Crippen molar-refractivity contribution in [1.82, 2.24) is 19.8 Å². The molecule has 0 N–H and O–H groups in total. The average Bonchev–Trinajstić information content (AvgIpc) is 3.06. The molecule has 0 atom stereocenters. The van der Waals surface area contributed by atoms with Crippen LogP contribution in [0.1, 0.15) is 5.69 Å². The van der Waals surface area contributed by atoms with Crippen molar-refractivity contribution in [2.24, 2.45) is 0 Å². The molecule has 22 heavy (non-hydrogen) atoms. The molecular formula is C15H16N4O3. The molecule has 7 nitrogen and oxygen atoms in total. The fourth-order valence-electron chi connectivity index (χ4n) is 2.26. The van der Waals surface area contributed by atoms with Crippen LogP contribution in [0, 0.1) is 6.92 Å². The lowest BCUT2D eigenvalue weighted by molar-refractivity contribution is 0.324. The number of hydrogen-bond donors (Lipinski definition) is 0. The minimum Gasteiger partial charge on any atom is -0.493 e. The second-order valence-electron chi connectivity index (χ2n) is 4.73. The Balaban J connectivity index is 2.19. The number of aromatic nitrogens is 4. The van der Waals surface area contributed by atoms with Crippen molar-refractivity contribution in [3.05, 3.63) is 23.0 Å². The zero-order valence-electron chi connectivity index (χ0n) is 12.9. The highest BCUT2D eigenvalue weighted by Crippen LogP contribution is 2.40. The van der Waals surface area contributed by atoms with Crippen LogP contribution in [0.2, 0.25) is 0 Å². The highest BCUT2D eigenvalue weighted by atomic mass is 16.5. The van der Waals surface area contributed by atoms with E-state index in [1.165, 1.54) is 4.63 Å². The molecule has 7 heteroatoms. The van der Waals surface area contributed by atoms with Crippen molar-refractivity contribution in [3.8, 4) is 28.6 Å². The number of methoxy groups -OCH3 is 3. The smallest absolute Gasteiger partial charge is 0.203 e. The minimum absolute atomic E-state index is 0.520. The fraction of sp³-hybridized carbons (Fsp3) is 0.267. The van der Waals surface area contributed by atoms with E-state index in [0.717, 1.165) is 16.5 Å². The van der Waals surface area contributed by atoms with E-state index in [0.29, 0.717) is 28.7 Å². The maximum atomic E-state index is 5.34. The second kappa shape index (κ2) is 5.18. The summed E-state index contributed by atoms with van der Waals surface area (Å²) in [4.78, 5) is 4.48. The Bertz CT molecular complexity index is 863. The van der Waals surface area contributed by atoms with Crippen molar-refractivity contribution >= 4 is 12.2 Å². The molecule has 2 heterocycles. The Labute approximate surface area is 127 Å². The van der Waals surface area contributed by atoms with E-state index >= 15 is 0 Å². The number of fused-ring (bicyclic) bond motifs is 1. The monoisotopic (exact) mass is 300 g/mol. The van der Waals surface area contributed by atoms with Gasteiger partial charge in [0.25, 0.3) is 0 Å². The second-order valence-corrected chi connectivity index (χ2v) is 4.73. The number of ether oxygens (including phenoxy) is 3. The van der Waals surface area contributed by atoms with Gasteiger partial charge in [0.05, 0.1) is 27.0 Å². The lowest BCUT2D eigenvalue weighted by Crippen LogP contribution is -1.99. The van der Waals surface area contributed by atoms with E-state index in [-0.39, 0.29) is 0 Å². The van der Waals surface area contributed by atoms with Gasteiger partial charge < -0.3 is 14.2 Å². The topological polar surface area (TPSA) is 70.8 Å². The molecule has 114 valence electrons. The third kappa shape index (κ3) is 2.02. The van der Waals surface area contributed by atoms with Crippen LogP contribution in [0.5, 0.6) is 17.2 Å². The van der Waals surface area contributed by atoms with Crippen LogP contribution in [-0.4, -0.2) is 41.1 Å². The zero-order chi connectivity index (χ0) is 15.9. The maximum Gasteiger partial charge on any atom is 0.203 e. The first kappa shape index (κ1) is 14.1. The normalized spacial score (nSPS) is 10.9. The third-order valence-corrected chi connectivity index (χ3v) is 3.46. The molecule has 0 bridgehead atoms. The molecule has 0 unspecified atom stereocenters. The van der Waals surface area contributed by atoms with Crippen molar-refractivity contribution in [2.45, 2.75) is 6.92 Å². The lowest BCUT2D eigenvalue weighted by Gasteiger charge is -2.12.